The van der Waals surface area contributed by atoms with Crippen LogP contribution in [0.1, 0.15) is 33.6 Å². The largest absolute Gasteiger partial charge is 0.343 e. The second-order valence-corrected chi connectivity index (χ2v) is 4.55. The lowest BCUT2D eigenvalue weighted by molar-refractivity contribution is -0.129. The molecule has 1 saturated heterocycles. The van der Waals surface area contributed by atoms with Gasteiger partial charge in [-0.1, -0.05) is 0 Å². The van der Waals surface area contributed by atoms with Crippen LogP contribution in [-0.4, -0.2) is 42.0 Å². The molecule has 3 amide bonds. The lowest BCUT2D eigenvalue weighted by Gasteiger charge is -2.31. The summed E-state index contributed by atoms with van der Waals surface area (Å²) in [7, 11) is 0. The smallest absolute Gasteiger partial charge is 0.315 e. The third kappa shape index (κ3) is 4.08. The van der Waals surface area contributed by atoms with Crippen LogP contribution in [-0.2, 0) is 4.79 Å². The second kappa shape index (κ2) is 5.72. The summed E-state index contributed by atoms with van der Waals surface area (Å²) in [6.07, 6.45) is 1.68. The maximum atomic E-state index is 11.4. The monoisotopic (exact) mass is 227 g/mol. The third-order valence-electron chi connectivity index (χ3n) is 2.70. The number of nitrogens with zero attached hydrogens (tertiary/aromatic N) is 1. The Morgan fingerprint density at radius 2 is 1.81 bits per heavy atom. The third-order valence-corrected chi connectivity index (χ3v) is 2.70. The van der Waals surface area contributed by atoms with Crippen LogP contribution in [0.3, 0.4) is 0 Å². The van der Waals surface area contributed by atoms with E-state index in [2.05, 4.69) is 10.6 Å². The number of piperidine rings is 1. The maximum Gasteiger partial charge on any atom is 0.315 e. The van der Waals surface area contributed by atoms with Crippen molar-refractivity contribution in [3.8, 4) is 0 Å². The Bertz CT molecular complexity index is 258. The van der Waals surface area contributed by atoms with E-state index in [4.69, 9.17) is 0 Å². The zero-order valence-corrected chi connectivity index (χ0v) is 10.2. The fourth-order valence-electron chi connectivity index (χ4n) is 1.83. The first-order valence-electron chi connectivity index (χ1n) is 5.81. The number of nitrogens with one attached hydrogen (secondary N) is 2. The SMILES string of the molecule is CC(=O)N1CCC(NC(=O)NC(C)C)CC1. The van der Waals surface area contributed by atoms with Crippen molar-refractivity contribution >= 4 is 11.9 Å². The summed E-state index contributed by atoms with van der Waals surface area (Å²) >= 11 is 0. The van der Waals surface area contributed by atoms with Crippen molar-refractivity contribution in [3.05, 3.63) is 0 Å². The van der Waals surface area contributed by atoms with E-state index in [1.54, 1.807) is 6.92 Å². The molecule has 1 rings (SSSR count). The van der Waals surface area contributed by atoms with E-state index >= 15 is 0 Å². The molecule has 5 nitrogen and oxygen atoms in total. The molecular weight excluding hydrogens is 206 g/mol. The summed E-state index contributed by atoms with van der Waals surface area (Å²) in [5.41, 5.74) is 0. The molecule has 0 atom stereocenters. The van der Waals surface area contributed by atoms with E-state index < -0.39 is 0 Å². The molecule has 0 bridgehead atoms. The molecule has 1 aliphatic heterocycles. The van der Waals surface area contributed by atoms with Crippen molar-refractivity contribution in [1.82, 2.24) is 15.5 Å². The van der Waals surface area contributed by atoms with E-state index in [0.29, 0.717) is 0 Å². The molecule has 1 fully saturated rings. The van der Waals surface area contributed by atoms with Crippen LogP contribution in [0.4, 0.5) is 4.79 Å². The first-order valence-corrected chi connectivity index (χ1v) is 5.81. The standard InChI is InChI=1S/C11H21N3O2/c1-8(2)12-11(16)13-10-4-6-14(7-5-10)9(3)15/h8,10H,4-7H2,1-3H3,(H2,12,13,16). The Labute approximate surface area is 96.6 Å². The average Bonchev–Trinajstić information content (AvgIpc) is 2.16. The molecular formula is C11H21N3O2. The molecule has 0 spiro atoms. The van der Waals surface area contributed by atoms with Gasteiger partial charge in [-0.25, -0.2) is 4.79 Å². The second-order valence-electron chi connectivity index (χ2n) is 4.55. The van der Waals surface area contributed by atoms with Crippen molar-refractivity contribution in [3.63, 3.8) is 0 Å². The van der Waals surface area contributed by atoms with E-state index in [0.717, 1.165) is 25.9 Å². The van der Waals surface area contributed by atoms with Gasteiger partial charge in [-0.2, -0.15) is 0 Å². The van der Waals surface area contributed by atoms with E-state index in [-0.39, 0.29) is 24.0 Å². The van der Waals surface area contributed by atoms with Gasteiger partial charge in [-0.15, -0.1) is 0 Å². The first-order chi connectivity index (χ1) is 7.49. The number of amides is 3. The van der Waals surface area contributed by atoms with Crippen LogP contribution >= 0.6 is 0 Å². The highest BCUT2D eigenvalue weighted by molar-refractivity contribution is 5.75. The van der Waals surface area contributed by atoms with E-state index in [9.17, 15) is 9.59 Å². The van der Waals surface area contributed by atoms with Gasteiger partial charge >= 0.3 is 6.03 Å². The molecule has 0 aromatic rings. The summed E-state index contributed by atoms with van der Waals surface area (Å²) in [6, 6.07) is 0.225. The normalized spacial score (nSPS) is 17.4. The van der Waals surface area contributed by atoms with E-state index in [1.807, 2.05) is 18.7 Å². The van der Waals surface area contributed by atoms with Gasteiger partial charge in [-0.05, 0) is 26.7 Å². The van der Waals surface area contributed by atoms with Crippen LogP contribution in [0.15, 0.2) is 0 Å². The number of carbonyl (C=O) groups excluding carboxylic acids is 2. The quantitative estimate of drug-likeness (QED) is 0.729. The van der Waals surface area contributed by atoms with Crippen LogP contribution in [0, 0.1) is 0 Å². The minimum absolute atomic E-state index is 0.115. The number of carbonyl (C=O) groups is 2. The zero-order chi connectivity index (χ0) is 12.1. The van der Waals surface area contributed by atoms with Crippen LogP contribution in [0.5, 0.6) is 0 Å². The van der Waals surface area contributed by atoms with Crippen molar-refractivity contribution in [2.45, 2.75) is 45.7 Å². The highest BCUT2D eigenvalue weighted by Gasteiger charge is 2.21. The molecule has 0 radical (unpaired) electrons. The Morgan fingerprint density at radius 3 is 2.25 bits per heavy atom. The fourth-order valence-corrected chi connectivity index (χ4v) is 1.83. The molecule has 16 heavy (non-hydrogen) atoms. The molecule has 1 aliphatic rings. The van der Waals surface area contributed by atoms with Gasteiger partial charge in [0.1, 0.15) is 0 Å². The van der Waals surface area contributed by atoms with Crippen molar-refractivity contribution in [1.29, 1.82) is 0 Å². The highest BCUT2D eigenvalue weighted by atomic mass is 16.2. The summed E-state index contributed by atoms with van der Waals surface area (Å²) in [4.78, 5) is 24.4. The van der Waals surface area contributed by atoms with Gasteiger partial charge in [0, 0.05) is 32.1 Å². The number of hydrogen-bond acceptors (Lipinski definition) is 2. The topological polar surface area (TPSA) is 61.4 Å². The predicted molar refractivity (Wildman–Crippen MR) is 62.1 cm³/mol. The first kappa shape index (κ1) is 12.8. The Balaban J connectivity index is 2.26. The van der Waals surface area contributed by atoms with Gasteiger partial charge in [0.25, 0.3) is 0 Å². The van der Waals surface area contributed by atoms with Gasteiger partial charge in [0.05, 0.1) is 0 Å². The minimum atomic E-state index is -0.115. The molecule has 2 N–H and O–H groups in total. The number of likely N-dealkylation sites (tertiary alicyclic amines) is 1. The maximum absolute atomic E-state index is 11.4. The van der Waals surface area contributed by atoms with Crippen LogP contribution in [0.2, 0.25) is 0 Å². The summed E-state index contributed by atoms with van der Waals surface area (Å²) in [5.74, 6) is 0.116. The molecule has 5 heteroatoms. The van der Waals surface area contributed by atoms with Crippen molar-refractivity contribution < 1.29 is 9.59 Å². The van der Waals surface area contributed by atoms with Gasteiger partial charge in [0.2, 0.25) is 5.91 Å². The highest BCUT2D eigenvalue weighted by Crippen LogP contribution is 2.10. The molecule has 0 saturated carbocycles. The zero-order valence-electron chi connectivity index (χ0n) is 10.2. The van der Waals surface area contributed by atoms with Gasteiger partial charge in [-0.3, -0.25) is 4.79 Å². The average molecular weight is 227 g/mol. The summed E-state index contributed by atoms with van der Waals surface area (Å²) in [5, 5.41) is 5.72. The molecule has 1 heterocycles. The summed E-state index contributed by atoms with van der Waals surface area (Å²) < 4.78 is 0. The Hall–Kier alpha value is -1.26. The number of rotatable bonds is 2. The fraction of sp³-hybridized carbons (Fsp3) is 0.818. The van der Waals surface area contributed by atoms with Gasteiger partial charge in [0.15, 0.2) is 0 Å². The van der Waals surface area contributed by atoms with Gasteiger partial charge < -0.3 is 15.5 Å². The molecule has 0 aromatic carbocycles. The lowest BCUT2D eigenvalue weighted by Crippen LogP contribution is -2.49. The van der Waals surface area contributed by atoms with E-state index in [1.165, 1.54) is 0 Å². The molecule has 92 valence electrons. The molecule has 0 aromatic heterocycles. The summed E-state index contributed by atoms with van der Waals surface area (Å²) in [6.45, 7) is 6.92. The number of urea groups is 1. The number of hydrogen-bond donors (Lipinski definition) is 2. The van der Waals surface area contributed by atoms with Crippen molar-refractivity contribution in [2.75, 3.05) is 13.1 Å². The van der Waals surface area contributed by atoms with Crippen LogP contribution < -0.4 is 10.6 Å². The molecule has 0 aliphatic carbocycles. The van der Waals surface area contributed by atoms with Crippen molar-refractivity contribution in [2.24, 2.45) is 0 Å². The molecule has 0 unspecified atom stereocenters. The lowest BCUT2D eigenvalue weighted by atomic mass is 10.1. The predicted octanol–water partition coefficient (Wildman–Crippen LogP) is 0.705. The van der Waals surface area contributed by atoms with Crippen LogP contribution in [0.25, 0.3) is 0 Å². The Morgan fingerprint density at radius 1 is 1.25 bits per heavy atom. The minimum Gasteiger partial charge on any atom is -0.343 e. The Kier molecular flexibility index (Phi) is 4.58.